The topological polar surface area (TPSA) is 59.1 Å². The number of pyridine rings is 1. The van der Waals surface area contributed by atoms with E-state index < -0.39 is 50.3 Å². The SMILES string of the molecule is C[C@@H]1Cc2cc3c(cc2[C@@H](c2ncc(NC4CCN(CCCF)C4)cc2F)N1CC(F)(F)CO[Si](c1ccccc1)(c1ccccc1)C(C)(C)C)OCO3. The molecule has 1 unspecified atom stereocenters. The number of ether oxygens (including phenoxy) is 2. The third-order valence-electron chi connectivity index (χ3n) is 11.1. The van der Waals surface area contributed by atoms with Gasteiger partial charge in [0.2, 0.25) is 6.79 Å². The number of alkyl halides is 3. The van der Waals surface area contributed by atoms with Crippen molar-refractivity contribution in [2.75, 3.05) is 51.6 Å². The molecule has 1 aromatic heterocycles. The van der Waals surface area contributed by atoms with Crippen LogP contribution in [0.15, 0.2) is 85.1 Å². The van der Waals surface area contributed by atoms with Crippen molar-refractivity contribution in [3.05, 3.63) is 108 Å². The predicted molar refractivity (Wildman–Crippen MR) is 206 cm³/mol. The molecule has 54 heavy (non-hydrogen) atoms. The standard InChI is InChI=1S/C42H50F4N4O3Si/c1-29-20-30-21-37-38(52-28-51-37)23-35(30)40(39-36(44)22-32(24-47-39)48-31-16-19-49(25-31)18-11-17-43)50(29)26-42(45,46)27-53-54(41(2,3)4,33-12-7-5-8-13-33)34-14-9-6-10-15-34/h5-10,12-15,21-24,29,31,40,48H,11,16-20,25-28H2,1-4H3/t29-,31?,40+/m1/s1. The quantitative estimate of drug-likeness (QED) is 0.113. The number of hydrogen-bond acceptors (Lipinski definition) is 7. The second-order valence-corrected chi connectivity index (χ2v) is 20.2. The maximum atomic E-state index is 16.8. The molecule has 1 saturated heterocycles. The van der Waals surface area contributed by atoms with Crippen LogP contribution in [0.4, 0.5) is 23.2 Å². The van der Waals surface area contributed by atoms with E-state index in [9.17, 15) is 4.39 Å². The molecule has 7 rings (SSSR count). The third-order valence-corrected chi connectivity index (χ3v) is 16.0. The van der Waals surface area contributed by atoms with E-state index in [2.05, 4.69) is 36.0 Å². The van der Waals surface area contributed by atoms with Gasteiger partial charge in [0, 0.05) is 37.8 Å². The minimum atomic E-state index is -3.32. The molecule has 0 radical (unpaired) electrons. The molecule has 12 heteroatoms. The number of rotatable bonds is 13. The number of halogens is 4. The van der Waals surface area contributed by atoms with Crippen molar-refractivity contribution >= 4 is 24.4 Å². The summed E-state index contributed by atoms with van der Waals surface area (Å²) in [6.07, 6.45) is 3.36. The molecule has 288 valence electrons. The van der Waals surface area contributed by atoms with E-state index in [1.807, 2.05) is 73.7 Å². The van der Waals surface area contributed by atoms with E-state index in [-0.39, 0.29) is 25.2 Å². The van der Waals surface area contributed by atoms with Crippen LogP contribution >= 0.6 is 0 Å². The lowest BCUT2D eigenvalue weighted by Gasteiger charge is -2.45. The second-order valence-electron chi connectivity index (χ2n) is 15.9. The van der Waals surface area contributed by atoms with Crippen LogP contribution in [0.25, 0.3) is 0 Å². The summed E-state index contributed by atoms with van der Waals surface area (Å²) in [5, 5.41) is 4.73. The first-order chi connectivity index (χ1) is 25.9. The van der Waals surface area contributed by atoms with Crippen molar-refractivity contribution in [2.45, 2.75) is 76.0 Å². The summed E-state index contributed by atoms with van der Waals surface area (Å²) in [7, 11) is -3.26. The van der Waals surface area contributed by atoms with E-state index >= 15 is 13.2 Å². The fourth-order valence-corrected chi connectivity index (χ4v) is 13.1. The van der Waals surface area contributed by atoms with Gasteiger partial charge in [0.05, 0.1) is 43.4 Å². The Morgan fingerprint density at radius 3 is 2.26 bits per heavy atom. The van der Waals surface area contributed by atoms with Crippen LogP contribution in [0.1, 0.15) is 63.4 Å². The first-order valence-electron chi connectivity index (χ1n) is 18.9. The fraction of sp³-hybridized carbons (Fsp3) is 0.452. The number of fused-ring (bicyclic) bond motifs is 2. The summed E-state index contributed by atoms with van der Waals surface area (Å²) < 4.78 is 80.8. The van der Waals surface area contributed by atoms with E-state index in [4.69, 9.17) is 13.9 Å². The van der Waals surface area contributed by atoms with Crippen LogP contribution in [-0.4, -0.2) is 87.4 Å². The molecule has 1 N–H and O–H groups in total. The lowest BCUT2D eigenvalue weighted by Crippen LogP contribution is -2.67. The summed E-state index contributed by atoms with van der Waals surface area (Å²) >= 11 is 0. The van der Waals surface area contributed by atoms with Crippen molar-refractivity contribution in [2.24, 2.45) is 0 Å². The molecule has 3 aliphatic rings. The average Bonchev–Trinajstić information content (AvgIpc) is 3.80. The molecule has 7 nitrogen and oxygen atoms in total. The summed E-state index contributed by atoms with van der Waals surface area (Å²) in [6.45, 7) is 8.52. The predicted octanol–water partition coefficient (Wildman–Crippen LogP) is 7.34. The van der Waals surface area contributed by atoms with Crippen molar-refractivity contribution in [1.82, 2.24) is 14.8 Å². The molecule has 4 aromatic rings. The monoisotopic (exact) mass is 762 g/mol. The van der Waals surface area contributed by atoms with Gasteiger partial charge in [-0.15, -0.1) is 0 Å². The van der Waals surface area contributed by atoms with Gasteiger partial charge < -0.3 is 24.1 Å². The van der Waals surface area contributed by atoms with Gasteiger partial charge >= 0.3 is 0 Å². The third kappa shape index (κ3) is 7.76. The molecule has 0 amide bonds. The summed E-state index contributed by atoms with van der Waals surface area (Å²) in [5.74, 6) is -2.83. The average molecular weight is 763 g/mol. The molecule has 3 aromatic carbocycles. The Bertz CT molecular complexity index is 1860. The lowest BCUT2D eigenvalue weighted by molar-refractivity contribution is -0.0824. The number of nitrogens with zero attached hydrogens (tertiary/aromatic N) is 3. The number of nitrogens with one attached hydrogen (secondary N) is 1. The Labute approximate surface area is 316 Å². The number of hydrogen-bond donors (Lipinski definition) is 1. The molecular weight excluding hydrogens is 713 g/mol. The van der Waals surface area contributed by atoms with E-state index in [0.29, 0.717) is 42.1 Å². The maximum absolute atomic E-state index is 16.8. The summed E-state index contributed by atoms with van der Waals surface area (Å²) in [5.41, 5.74) is 2.11. The molecule has 3 aliphatic heterocycles. The zero-order chi connectivity index (χ0) is 38.1. The highest BCUT2D eigenvalue weighted by atomic mass is 28.4. The van der Waals surface area contributed by atoms with Gasteiger partial charge in [-0.25, -0.2) is 13.2 Å². The van der Waals surface area contributed by atoms with Crippen LogP contribution in [0.5, 0.6) is 11.5 Å². The summed E-state index contributed by atoms with van der Waals surface area (Å²) in [4.78, 5) is 8.49. The van der Waals surface area contributed by atoms with Gasteiger partial charge in [0.15, 0.2) is 11.5 Å². The molecule has 1 fully saturated rings. The normalized spacial score (nSPS) is 20.6. The summed E-state index contributed by atoms with van der Waals surface area (Å²) in [6, 6.07) is 23.3. The molecule has 0 saturated carbocycles. The number of likely N-dealkylation sites (tertiary alicyclic amines) is 1. The Hall–Kier alpha value is -3.97. The first-order valence-corrected chi connectivity index (χ1v) is 20.8. The van der Waals surface area contributed by atoms with Gasteiger partial charge in [0.1, 0.15) is 5.82 Å². The van der Waals surface area contributed by atoms with E-state index in [0.717, 1.165) is 35.4 Å². The van der Waals surface area contributed by atoms with E-state index in [1.54, 1.807) is 17.2 Å². The molecule has 0 bridgehead atoms. The smallest absolute Gasteiger partial charge is 0.282 e. The molecule has 0 aliphatic carbocycles. The highest BCUT2D eigenvalue weighted by Gasteiger charge is 2.52. The highest BCUT2D eigenvalue weighted by Crippen LogP contribution is 2.46. The second kappa shape index (κ2) is 15.6. The van der Waals surface area contributed by atoms with Crippen molar-refractivity contribution < 1.29 is 31.5 Å². The van der Waals surface area contributed by atoms with Gasteiger partial charge in [0.25, 0.3) is 14.2 Å². The van der Waals surface area contributed by atoms with Crippen LogP contribution in [0.3, 0.4) is 0 Å². The minimum absolute atomic E-state index is 0.0547. The Morgan fingerprint density at radius 1 is 0.963 bits per heavy atom. The van der Waals surface area contributed by atoms with Gasteiger partial charge in [-0.1, -0.05) is 81.4 Å². The minimum Gasteiger partial charge on any atom is -0.454 e. The van der Waals surface area contributed by atoms with Gasteiger partial charge in [-0.2, -0.15) is 0 Å². The largest absolute Gasteiger partial charge is 0.454 e. The van der Waals surface area contributed by atoms with Gasteiger partial charge in [-0.05, 0) is 64.9 Å². The lowest BCUT2D eigenvalue weighted by atomic mass is 9.86. The number of anilines is 1. The van der Waals surface area contributed by atoms with Crippen molar-refractivity contribution in [3.63, 3.8) is 0 Å². The van der Waals surface area contributed by atoms with Crippen LogP contribution in [-0.2, 0) is 10.8 Å². The van der Waals surface area contributed by atoms with Crippen LogP contribution in [0, 0.1) is 5.82 Å². The Balaban J connectivity index is 1.20. The zero-order valence-electron chi connectivity index (χ0n) is 31.5. The fourth-order valence-electron chi connectivity index (χ4n) is 8.54. The molecule has 3 atom stereocenters. The first kappa shape index (κ1) is 38.3. The number of aromatic nitrogens is 1. The van der Waals surface area contributed by atoms with Crippen LogP contribution in [0.2, 0.25) is 5.04 Å². The van der Waals surface area contributed by atoms with E-state index in [1.165, 1.54) is 6.07 Å². The maximum Gasteiger partial charge on any atom is 0.282 e. The molecular formula is C42H50F4N4O3Si. The molecule has 4 heterocycles. The highest BCUT2D eigenvalue weighted by molar-refractivity contribution is 6.99. The van der Waals surface area contributed by atoms with Crippen molar-refractivity contribution in [1.29, 1.82) is 0 Å². The van der Waals surface area contributed by atoms with Crippen molar-refractivity contribution in [3.8, 4) is 11.5 Å². The van der Waals surface area contributed by atoms with Crippen LogP contribution < -0.4 is 25.2 Å². The zero-order valence-corrected chi connectivity index (χ0v) is 32.5. The molecule has 0 spiro atoms. The Kier molecular flexibility index (Phi) is 11.1. The number of benzene rings is 3. The van der Waals surface area contributed by atoms with Gasteiger partial charge in [-0.3, -0.25) is 14.3 Å². The Morgan fingerprint density at radius 2 is 1.63 bits per heavy atom.